The summed E-state index contributed by atoms with van der Waals surface area (Å²) in [5.41, 5.74) is 2.19. The number of hydrogen-bond acceptors (Lipinski definition) is 6. The molecule has 3 aliphatic rings. The van der Waals surface area contributed by atoms with Gasteiger partial charge in [0.05, 0.1) is 18.8 Å². The Morgan fingerprint density at radius 3 is 2.49 bits per heavy atom. The molecule has 0 aliphatic carbocycles. The van der Waals surface area contributed by atoms with Gasteiger partial charge in [0.25, 0.3) is 0 Å². The van der Waals surface area contributed by atoms with Gasteiger partial charge >= 0.3 is 6.18 Å². The van der Waals surface area contributed by atoms with Gasteiger partial charge in [-0.3, -0.25) is 9.47 Å². The highest BCUT2D eigenvalue weighted by Gasteiger charge is 2.54. The number of hydrogen-bond donors (Lipinski definition) is 0. The van der Waals surface area contributed by atoms with Crippen molar-refractivity contribution in [2.75, 3.05) is 42.5 Å². The molecule has 6 rings (SSSR count). The average Bonchev–Trinajstić information content (AvgIpc) is 3.03. The third-order valence-electron chi connectivity index (χ3n) is 6.81. The Morgan fingerprint density at radius 1 is 1.00 bits per heavy atom. The van der Waals surface area contributed by atoms with Crippen LogP contribution in [-0.4, -0.2) is 63.5 Å². The van der Waals surface area contributed by atoms with Gasteiger partial charge in [0.1, 0.15) is 0 Å². The third-order valence-corrected chi connectivity index (χ3v) is 7.05. The summed E-state index contributed by atoms with van der Waals surface area (Å²) in [6.07, 6.45) is -4.33. The van der Waals surface area contributed by atoms with Crippen LogP contribution in [0.15, 0.2) is 30.3 Å². The zero-order valence-corrected chi connectivity index (χ0v) is 19.6. The average molecular weight is 508 g/mol. The summed E-state index contributed by atoms with van der Waals surface area (Å²) in [6.45, 7) is 3.67. The molecule has 1 spiro atoms. The van der Waals surface area contributed by atoms with Gasteiger partial charge in [0, 0.05) is 48.9 Å². The second-order valence-corrected chi connectivity index (χ2v) is 10.2. The van der Waals surface area contributed by atoms with Crippen LogP contribution in [0.25, 0.3) is 5.69 Å². The molecule has 0 bridgehead atoms. The highest BCUT2D eigenvalue weighted by atomic mass is 35.5. The number of nitrogens with zero attached hydrogens (tertiary/aromatic N) is 7. The van der Waals surface area contributed by atoms with Crippen molar-refractivity contribution in [3.63, 3.8) is 0 Å². The van der Waals surface area contributed by atoms with Crippen LogP contribution in [0.5, 0.6) is 0 Å². The summed E-state index contributed by atoms with van der Waals surface area (Å²) in [5.74, 6) is 1.10. The first-order valence-corrected chi connectivity index (χ1v) is 11.6. The van der Waals surface area contributed by atoms with Crippen molar-refractivity contribution in [2.45, 2.75) is 26.2 Å². The van der Waals surface area contributed by atoms with E-state index in [2.05, 4.69) is 20.1 Å². The van der Waals surface area contributed by atoms with Crippen LogP contribution >= 0.6 is 11.6 Å². The predicted octanol–water partition coefficient (Wildman–Crippen LogP) is 3.97. The van der Waals surface area contributed by atoms with E-state index in [1.807, 2.05) is 16.4 Å². The van der Waals surface area contributed by atoms with Gasteiger partial charge in [-0.05, 0) is 42.8 Å². The van der Waals surface area contributed by atoms with Crippen LogP contribution in [-0.2, 0) is 13.1 Å². The van der Waals surface area contributed by atoms with Crippen molar-refractivity contribution in [2.24, 2.45) is 5.41 Å². The summed E-state index contributed by atoms with van der Waals surface area (Å²) in [5, 5.41) is 9.07. The van der Waals surface area contributed by atoms with Gasteiger partial charge in [0.2, 0.25) is 5.95 Å². The van der Waals surface area contributed by atoms with E-state index in [1.165, 1.54) is 11.0 Å². The number of aromatic nitrogens is 4. The molecule has 0 atom stereocenters. The van der Waals surface area contributed by atoms with Crippen LogP contribution in [0.2, 0.25) is 5.02 Å². The first kappa shape index (κ1) is 22.5. The minimum atomic E-state index is -4.33. The normalized spacial score (nSPS) is 19.1. The molecule has 1 aromatic carbocycles. The Labute approximate surface area is 203 Å². The fourth-order valence-electron chi connectivity index (χ4n) is 5.39. The van der Waals surface area contributed by atoms with Crippen LogP contribution in [0.1, 0.15) is 17.1 Å². The molecule has 5 heterocycles. The fraction of sp³-hybridized carbons (Fsp3) is 0.435. The summed E-state index contributed by atoms with van der Waals surface area (Å²) >= 11 is 6.17. The molecule has 3 aliphatic heterocycles. The summed E-state index contributed by atoms with van der Waals surface area (Å²) < 4.78 is 55.6. The molecular weight excluding hydrogens is 486 g/mol. The summed E-state index contributed by atoms with van der Waals surface area (Å²) in [7, 11) is 0. The SMILES string of the molecule is Cc1ccc(F)c(N2CC3(C2)CN(c2nnc4n2-c2ccc(Cl)cc2CN(CC(F)(F)F)C4)C3)n1. The molecule has 0 unspecified atom stereocenters. The van der Waals surface area contributed by atoms with Gasteiger partial charge in [0.15, 0.2) is 17.5 Å². The lowest BCUT2D eigenvalue weighted by Gasteiger charge is -2.60. The molecular formula is C23H22ClF4N7. The van der Waals surface area contributed by atoms with E-state index in [0.717, 1.165) is 11.4 Å². The zero-order chi connectivity index (χ0) is 24.5. The van der Waals surface area contributed by atoms with Gasteiger partial charge in [-0.25, -0.2) is 9.37 Å². The molecule has 0 saturated carbocycles. The Balaban J connectivity index is 1.24. The molecule has 3 aromatic rings. The van der Waals surface area contributed by atoms with E-state index in [9.17, 15) is 17.6 Å². The molecule has 35 heavy (non-hydrogen) atoms. The van der Waals surface area contributed by atoms with E-state index >= 15 is 0 Å². The van der Waals surface area contributed by atoms with Crippen LogP contribution in [0.4, 0.5) is 29.3 Å². The molecule has 2 saturated heterocycles. The van der Waals surface area contributed by atoms with Crippen molar-refractivity contribution >= 4 is 23.4 Å². The van der Waals surface area contributed by atoms with Crippen molar-refractivity contribution in [1.82, 2.24) is 24.6 Å². The lowest BCUT2D eigenvalue weighted by atomic mass is 9.73. The van der Waals surface area contributed by atoms with E-state index in [4.69, 9.17) is 11.6 Å². The Kier molecular flexibility index (Phi) is 5.02. The topological polar surface area (TPSA) is 53.3 Å². The first-order chi connectivity index (χ1) is 16.6. The number of halogens is 5. The van der Waals surface area contributed by atoms with Gasteiger partial charge in [-0.15, -0.1) is 10.2 Å². The maximum atomic E-state index is 14.2. The van der Waals surface area contributed by atoms with Crippen molar-refractivity contribution < 1.29 is 17.6 Å². The van der Waals surface area contributed by atoms with E-state index < -0.39 is 12.7 Å². The minimum absolute atomic E-state index is 0.000133. The largest absolute Gasteiger partial charge is 0.401 e. The maximum absolute atomic E-state index is 14.2. The zero-order valence-electron chi connectivity index (χ0n) is 18.9. The smallest absolute Gasteiger partial charge is 0.353 e. The Hall–Kier alpha value is -2.92. The quantitative estimate of drug-likeness (QED) is 0.500. The lowest BCUT2D eigenvalue weighted by molar-refractivity contribution is -0.148. The van der Waals surface area contributed by atoms with Crippen molar-refractivity contribution in [3.8, 4) is 5.69 Å². The van der Waals surface area contributed by atoms with Crippen LogP contribution < -0.4 is 9.80 Å². The van der Waals surface area contributed by atoms with E-state index in [0.29, 0.717) is 54.4 Å². The number of fused-ring (bicyclic) bond motifs is 3. The summed E-state index contributed by atoms with van der Waals surface area (Å²) in [6, 6.07) is 8.31. The second-order valence-electron chi connectivity index (χ2n) is 9.76. The summed E-state index contributed by atoms with van der Waals surface area (Å²) in [4.78, 5) is 9.65. The number of benzene rings is 1. The molecule has 12 heteroatoms. The first-order valence-electron chi connectivity index (χ1n) is 11.2. The number of anilines is 2. The third kappa shape index (κ3) is 4.00. The molecule has 7 nitrogen and oxygen atoms in total. The monoisotopic (exact) mass is 507 g/mol. The molecule has 2 aromatic heterocycles. The number of pyridine rings is 1. The fourth-order valence-corrected chi connectivity index (χ4v) is 5.58. The van der Waals surface area contributed by atoms with Crippen LogP contribution in [0.3, 0.4) is 0 Å². The highest BCUT2D eigenvalue weighted by Crippen LogP contribution is 2.44. The van der Waals surface area contributed by atoms with Gasteiger partial charge < -0.3 is 9.80 Å². The van der Waals surface area contributed by atoms with Crippen molar-refractivity contribution in [1.29, 1.82) is 0 Å². The molecule has 184 valence electrons. The van der Waals surface area contributed by atoms with Gasteiger partial charge in [-0.2, -0.15) is 13.2 Å². The Bertz CT molecular complexity index is 1290. The number of alkyl halides is 3. The molecule has 0 amide bonds. The number of aryl methyl sites for hydroxylation is 1. The predicted molar refractivity (Wildman–Crippen MR) is 122 cm³/mol. The lowest BCUT2D eigenvalue weighted by Crippen LogP contribution is -2.73. The van der Waals surface area contributed by atoms with E-state index in [-0.39, 0.29) is 24.3 Å². The van der Waals surface area contributed by atoms with E-state index in [1.54, 1.807) is 24.3 Å². The minimum Gasteiger partial charge on any atom is -0.353 e. The number of rotatable bonds is 3. The van der Waals surface area contributed by atoms with Gasteiger partial charge in [-0.1, -0.05) is 11.6 Å². The standard InChI is InChI=1S/C23H22ClF4N7/c1-14-2-4-17(25)20(29-14)33-9-22(10-33)11-34(12-22)21-31-30-19-8-32(13-23(26,27)28)7-15-6-16(24)3-5-18(15)35(19)21/h2-6H,7-13H2,1H3. The second kappa shape index (κ2) is 7.79. The molecule has 0 radical (unpaired) electrons. The van der Waals surface area contributed by atoms with Crippen molar-refractivity contribution in [3.05, 3.63) is 58.3 Å². The Morgan fingerprint density at radius 2 is 1.74 bits per heavy atom. The molecule has 2 fully saturated rings. The highest BCUT2D eigenvalue weighted by molar-refractivity contribution is 6.30. The molecule has 0 N–H and O–H groups in total. The maximum Gasteiger partial charge on any atom is 0.401 e. The van der Waals surface area contributed by atoms with Crippen LogP contribution in [0, 0.1) is 18.2 Å².